The molecule has 0 amide bonds. The molecule has 0 aliphatic carbocycles. The summed E-state index contributed by atoms with van der Waals surface area (Å²) in [5, 5.41) is 2.99. The number of halogens is 2. The van der Waals surface area contributed by atoms with Gasteiger partial charge >= 0.3 is 0 Å². The first-order valence-electron chi connectivity index (χ1n) is 5.50. The Balaban J connectivity index is 2.01. The first kappa shape index (κ1) is 12.9. The second kappa shape index (κ2) is 5.87. The molecule has 2 rings (SSSR count). The van der Waals surface area contributed by atoms with Crippen molar-refractivity contribution in [1.29, 1.82) is 0 Å². The number of thioether (sulfide) groups is 1. The Morgan fingerprint density at radius 3 is 2.17 bits per heavy atom. The van der Waals surface area contributed by atoms with Gasteiger partial charge in [-0.15, -0.1) is 11.8 Å². The van der Waals surface area contributed by atoms with Gasteiger partial charge in [0, 0.05) is 23.2 Å². The van der Waals surface area contributed by atoms with Gasteiger partial charge in [-0.25, -0.2) is 8.78 Å². The number of hydrogen-bond donors (Lipinski definition) is 1. The second-order valence-electron chi connectivity index (χ2n) is 3.86. The fourth-order valence-electron chi connectivity index (χ4n) is 1.60. The Morgan fingerprint density at radius 2 is 1.61 bits per heavy atom. The van der Waals surface area contributed by atoms with E-state index < -0.39 is 11.6 Å². The Labute approximate surface area is 109 Å². The fraction of sp³-hybridized carbons (Fsp3) is 0.143. The maximum absolute atomic E-state index is 13.0. The molecule has 0 saturated carbocycles. The van der Waals surface area contributed by atoms with E-state index in [4.69, 9.17) is 0 Å². The lowest BCUT2D eigenvalue weighted by Crippen LogP contribution is -2.00. The largest absolute Gasteiger partial charge is 0.381 e. The van der Waals surface area contributed by atoms with Crippen molar-refractivity contribution in [1.82, 2.24) is 0 Å². The smallest absolute Gasteiger partial charge is 0.128 e. The molecule has 0 heterocycles. The molecule has 4 heteroatoms. The van der Waals surface area contributed by atoms with Gasteiger partial charge in [-0.1, -0.05) is 12.1 Å². The highest BCUT2D eigenvalue weighted by Crippen LogP contribution is 2.17. The van der Waals surface area contributed by atoms with Crippen molar-refractivity contribution in [3.05, 3.63) is 59.7 Å². The molecule has 0 aliphatic heterocycles. The van der Waals surface area contributed by atoms with Crippen molar-refractivity contribution < 1.29 is 8.78 Å². The third-order valence-electron chi connectivity index (χ3n) is 2.52. The van der Waals surface area contributed by atoms with E-state index in [2.05, 4.69) is 5.32 Å². The molecule has 1 nitrogen and oxygen atoms in total. The fourth-order valence-corrected chi connectivity index (χ4v) is 2.01. The molecule has 94 valence electrons. The second-order valence-corrected chi connectivity index (χ2v) is 4.74. The lowest BCUT2D eigenvalue weighted by atomic mass is 10.2. The molecule has 18 heavy (non-hydrogen) atoms. The van der Waals surface area contributed by atoms with E-state index in [9.17, 15) is 8.78 Å². The van der Waals surface area contributed by atoms with Crippen LogP contribution in [0.25, 0.3) is 0 Å². The van der Waals surface area contributed by atoms with Gasteiger partial charge in [0.05, 0.1) is 0 Å². The number of hydrogen-bond acceptors (Lipinski definition) is 2. The lowest BCUT2D eigenvalue weighted by Gasteiger charge is -2.07. The molecule has 2 aromatic carbocycles. The highest BCUT2D eigenvalue weighted by Gasteiger charge is 2.00. The van der Waals surface area contributed by atoms with E-state index in [0.29, 0.717) is 12.2 Å². The molecule has 0 spiro atoms. The van der Waals surface area contributed by atoms with E-state index in [1.807, 2.05) is 30.5 Å². The highest BCUT2D eigenvalue weighted by molar-refractivity contribution is 7.98. The van der Waals surface area contributed by atoms with Gasteiger partial charge in [0.15, 0.2) is 0 Å². The minimum absolute atomic E-state index is 0.446. The third-order valence-corrected chi connectivity index (χ3v) is 3.26. The normalized spacial score (nSPS) is 10.4. The van der Waals surface area contributed by atoms with Crippen LogP contribution in [0.4, 0.5) is 14.5 Å². The highest BCUT2D eigenvalue weighted by atomic mass is 32.2. The monoisotopic (exact) mass is 265 g/mol. The van der Waals surface area contributed by atoms with Crippen molar-refractivity contribution in [3.63, 3.8) is 0 Å². The van der Waals surface area contributed by atoms with Gasteiger partial charge in [0.1, 0.15) is 11.6 Å². The number of anilines is 1. The van der Waals surface area contributed by atoms with Gasteiger partial charge in [-0.2, -0.15) is 0 Å². The van der Waals surface area contributed by atoms with Crippen molar-refractivity contribution >= 4 is 17.4 Å². The van der Waals surface area contributed by atoms with E-state index in [1.165, 1.54) is 17.0 Å². The third kappa shape index (κ3) is 3.47. The summed E-state index contributed by atoms with van der Waals surface area (Å²) in [5.74, 6) is -1.15. The average Bonchev–Trinajstić information content (AvgIpc) is 2.36. The number of nitrogens with one attached hydrogen (secondary N) is 1. The Hall–Kier alpha value is -1.55. The van der Waals surface area contributed by atoms with Crippen LogP contribution in [0.3, 0.4) is 0 Å². The van der Waals surface area contributed by atoms with Crippen LogP contribution in [0.5, 0.6) is 0 Å². The zero-order chi connectivity index (χ0) is 13.0. The summed E-state index contributed by atoms with van der Waals surface area (Å²) in [5.41, 5.74) is 1.51. The molecule has 2 aromatic rings. The summed E-state index contributed by atoms with van der Waals surface area (Å²) >= 11 is 1.68. The minimum atomic E-state index is -0.574. The predicted molar refractivity (Wildman–Crippen MR) is 71.9 cm³/mol. The Kier molecular flexibility index (Phi) is 4.20. The summed E-state index contributed by atoms with van der Waals surface area (Å²) in [6.07, 6.45) is 2.02. The first-order valence-corrected chi connectivity index (χ1v) is 6.73. The van der Waals surface area contributed by atoms with Gasteiger partial charge in [-0.3, -0.25) is 0 Å². The van der Waals surface area contributed by atoms with Crippen LogP contribution in [0.15, 0.2) is 47.4 Å². The molecule has 1 N–H and O–H groups in total. The van der Waals surface area contributed by atoms with E-state index >= 15 is 0 Å². The molecule has 0 radical (unpaired) electrons. The minimum Gasteiger partial charge on any atom is -0.381 e. The number of rotatable bonds is 4. The van der Waals surface area contributed by atoms with Gasteiger partial charge in [0.25, 0.3) is 0 Å². The van der Waals surface area contributed by atoms with Crippen LogP contribution in [0.2, 0.25) is 0 Å². The van der Waals surface area contributed by atoms with Gasteiger partial charge < -0.3 is 5.32 Å². The van der Waals surface area contributed by atoms with Gasteiger partial charge in [-0.05, 0) is 36.1 Å². The van der Waals surface area contributed by atoms with Crippen LogP contribution < -0.4 is 5.32 Å². The van der Waals surface area contributed by atoms with Crippen LogP contribution in [0, 0.1) is 11.6 Å². The van der Waals surface area contributed by atoms with Crippen LogP contribution in [0.1, 0.15) is 5.56 Å². The van der Waals surface area contributed by atoms with E-state index in [0.717, 1.165) is 11.6 Å². The van der Waals surface area contributed by atoms with Crippen molar-refractivity contribution in [3.8, 4) is 0 Å². The molecular weight excluding hydrogens is 252 g/mol. The van der Waals surface area contributed by atoms with E-state index in [-0.39, 0.29) is 0 Å². The molecule has 0 atom stereocenters. The lowest BCUT2D eigenvalue weighted by molar-refractivity contribution is 0.584. The summed E-state index contributed by atoms with van der Waals surface area (Å²) < 4.78 is 25.9. The molecule has 0 unspecified atom stereocenters. The molecule has 0 fully saturated rings. The first-order chi connectivity index (χ1) is 8.67. The molecule has 0 saturated heterocycles. The Morgan fingerprint density at radius 1 is 1.00 bits per heavy atom. The molecule has 0 aliphatic rings. The maximum Gasteiger partial charge on any atom is 0.128 e. The average molecular weight is 265 g/mol. The zero-order valence-corrected chi connectivity index (χ0v) is 10.7. The van der Waals surface area contributed by atoms with Crippen LogP contribution in [-0.4, -0.2) is 6.26 Å². The van der Waals surface area contributed by atoms with Gasteiger partial charge in [0.2, 0.25) is 0 Å². The summed E-state index contributed by atoms with van der Waals surface area (Å²) in [4.78, 5) is 1.19. The van der Waals surface area contributed by atoms with Crippen molar-refractivity contribution in [2.45, 2.75) is 11.4 Å². The van der Waals surface area contributed by atoms with Crippen LogP contribution >= 0.6 is 11.8 Å². The van der Waals surface area contributed by atoms with E-state index in [1.54, 1.807) is 11.8 Å². The molecular formula is C14H13F2NS. The topological polar surface area (TPSA) is 12.0 Å². The summed E-state index contributed by atoms with van der Waals surface area (Å²) in [6.45, 7) is 0.539. The summed E-state index contributed by atoms with van der Waals surface area (Å²) in [6, 6.07) is 11.4. The van der Waals surface area contributed by atoms with Crippen molar-refractivity contribution in [2.24, 2.45) is 0 Å². The number of benzene rings is 2. The zero-order valence-electron chi connectivity index (χ0n) is 9.91. The Bertz CT molecular complexity index is 506. The predicted octanol–water partition coefficient (Wildman–Crippen LogP) is 4.30. The maximum atomic E-state index is 13.0. The standard InChI is InChI=1S/C14H13F2NS/c1-18-14-4-2-10(3-5-14)9-17-13-7-11(15)6-12(16)8-13/h2-8,17H,9H2,1H3. The molecule has 0 aromatic heterocycles. The SMILES string of the molecule is CSc1ccc(CNc2cc(F)cc(F)c2)cc1. The van der Waals surface area contributed by atoms with Crippen molar-refractivity contribution in [2.75, 3.05) is 11.6 Å². The van der Waals surface area contributed by atoms with Crippen LogP contribution in [-0.2, 0) is 6.54 Å². The summed E-state index contributed by atoms with van der Waals surface area (Å²) in [7, 11) is 0. The quantitative estimate of drug-likeness (QED) is 0.827. The molecule has 0 bridgehead atoms.